The zero-order chi connectivity index (χ0) is 15.7. The summed E-state index contributed by atoms with van der Waals surface area (Å²) in [6, 6.07) is 11.7. The molecule has 0 aromatic heterocycles. The van der Waals surface area contributed by atoms with E-state index in [1.54, 1.807) is 24.3 Å². The van der Waals surface area contributed by atoms with Crippen LogP contribution in [0.4, 0.5) is 15.8 Å². The highest BCUT2D eigenvalue weighted by molar-refractivity contribution is 6.47. The summed E-state index contributed by atoms with van der Waals surface area (Å²) in [5.41, 5.74) is 1.29. The zero-order valence-corrected chi connectivity index (χ0v) is 11.3. The molecule has 0 unspecified atom stereocenters. The number of anilines is 2. The normalized spacial score (nSPS) is 15.9. The van der Waals surface area contributed by atoms with E-state index in [9.17, 15) is 18.8 Å². The van der Waals surface area contributed by atoms with Crippen molar-refractivity contribution in [1.29, 1.82) is 0 Å². The second kappa shape index (κ2) is 5.40. The standard InChI is InChI=1S/C16H11FN2O3/c17-9-5-7-10(8-6-9)18-16(22)14(20)13-11-3-1-2-4-12(11)19-15(13)21/h1-8,13H,(H,18,22)(H,19,21)/t13-/m1/s1. The van der Waals surface area contributed by atoms with Crippen LogP contribution in [-0.2, 0) is 14.4 Å². The number of halogens is 1. The van der Waals surface area contributed by atoms with E-state index in [4.69, 9.17) is 0 Å². The van der Waals surface area contributed by atoms with Crippen LogP contribution in [0.25, 0.3) is 0 Å². The highest BCUT2D eigenvalue weighted by atomic mass is 19.1. The summed E-state index contributed by atoms with van der Waals surface area (Å²) in [4.78, 5) is 36.2. The lowest BCUT2D eigenvalue weighted by Gasteiger charge is -2.08. The highest BCUT2D eigenvalue weighted by Gasteiger charge is 2.39. The van der Waals surface area contributed by atoms with Crippen LogP contribution in [0.5, 0.6) is 0 Å². The number of para-hydroxylation sites is 1. The molecule has 0 bridgehead atoms. The lowest BCUT2D eigenvalue weighted by atomic mass is 9.95. The number of amides is 2. The lowest BCUT2D eigenvalue weighted by Crippen LogP contribution is -2.31. The number of benzene rings is 2. The first-order chi connectivity index (χ1) is 10.6. The molecule has 3 rings (SSSR count). The highest BCUT2D eigenvalue weighted by Crippen LogP contribution is 2.32. The first-order valence-electron chi connectivity index (χ1n) is 6.57. The average molecular weight is 298 g/mol. The van der Waals surface area contributed by atoms with Crippen LogP contribution in [0, 0.1) is 5.82 Å². The minimum atomic E-state index is -1.16. The van der Waals surface area contributed by atoms with Gasteiger partial charge in [-0.1, -0.05) is 18.2 Å². The molecule has 2 aromatic rings. The van der Waals surface area contributed by atoms with E-state index in [1.165, 1.54) is 12.1 Å². The van der Waals surface area contributed by atoms with Crippen LogP contribution in [0.3, 0.4) is 0 Å². The molecular weight excluding hydrogens is 287 g/mol. The SMILES string of the molecule is O=C(Nc1ccc(F)cc1)C(=O)[C@@H]1C(=O)Nc2ccccc21. The van der Waals surface area contributed by atoms with Gasteiger partial charge in [0.1, 0.15) is 11.7 Å². The van der Waals surface area contributed by atoms with Crippen molar-refractivity contribution < 1.29 is 18.8 Å². The fourth-order valence-corrected chi connectivity index (χ4v) is 2.33. The van der Waals surface area contributed by atoms with Gasteiger partial charge in [-0.25, -0.2) is 4.39 Å². The number of carbonyl (C=O) groups is 3. The molecule has 110 valence electrons. The second-order valence-electron chi connectivity index (χ2n) is 4.83. The van der Waals surface area contributed by atoms with Crippen molar-refractivity contribution in [2.75, 3.05) is 10.6 Å². The van der Waals surface area contributed by atoms with E-state index in [-0.39, 0.29) is 5.69 Å². The Hall–Kier alpha value is -3.02. The Morgan fingerprint density at radius 3 is 2.45 bits per heavy atom. The minimum absolute atomic E-state index is 0.284. The number of ketones is 1. The Kier molecular flexibility index (Phi) is 3.42. The summed E-state index contributed by atoms with van der Waals surface area (Å²) in [5.74, 6) is -3.90. The van der Waals surface area contributed by atoms with Gasteiger partial charge in [0.2, 0.25) is 11.7 Å². The number of hydrogen-bond acceptors (Lipinski definition) is 3. The molecule has 1 aliphatic rings. The van der Waals surface area contributed by atoms with Crippen LogP contribution in [0.1, 0.15) is 11.5 Å². The summed E-state index contributed by atoms with van der Waals surface area (Å²) < 4.78 is 12.8. The van der Waals surface area contributed by atoms with Crippen LogP contribution in [0.15, 0.2) is 48.5 Å². The average Bonchev–Trinajstić information content (AvgIpc) is 2.84. The Labute approximate surface area is 125 Å². The molecular formula is C16H11FN2O3. The number of nitrogens with one attached hydrogen (secondary N) is 2. The molecule has 1 aliphatic heterocycles. The van der Waals surface area contributed by atoms with Gasteiger partial charge in [-0.05, 0) is 35.9 Å². The largest absolute Gasteiger partial charge is 0.325 e. The molecule has 5 nitrogen and oxygen atoms in total. The summed E-state index contributed by atoms with van der Waals surface area (Å²) in [6.45, 7) is 0. The third-order valence-electron chi connectivity index (χ3n) is 3.38. The van der Waals surface area contributed by atoms with E-state index in [0.29, 0.717) is 11.3 Å². The first kappa shape index (κ1) is 13.9. The minimum Gasteiger partial charge on any atom is -0.325 e. The molecule has 0 radical (unpaired) electrons. The molecule has 22 heavy (non-hydrogen) atoms. The van der Waals surface area contributed by atoms with Gasteiger partial charge in [-0.15, -0.1) is 0 Å². The third-order valence-corrected chi connectivity index (χ3v) is 3.38. The Morgan fingerprint density at radius 1 is 1.05 bits per heavy atom. The summed E-state index contributed by atoms with van der Waals surface area (Å²) >= 11 is 0. The maximum Gasteiger partial charge on any atom is 0.292 e. The third kappa shape index (κ3) is 2.46. The van der Waals surface area contributed by atoms with Crippen molar-refractivity contribution in [3.63, 3.8) is 0 Å². The van der Waals surface area contributed by atoms with Crippen LogP contribution in [-0.4, -0.2) is 17.6 Å². The van der Waals surface area contributed by atoms with Crippen molar-refractivity contribution in [1.82, 2.24) is 0 Å². The molecule has 6 heteroatoms. The van der Waals surface area contributed by atoms with Crippen molar-refractivity contribution in [3.05, 3.63) is 59.9 Å². The Morgan fingerprint density at radius 2 is 1.73 bits per heavy atom. The van der Waals surface area contributed by atoms with Crippen molar-refractivity contribution >= 4 is 29.0 Å². The van der Waals surface area contributed by atoms with Gasteiger partial charge in [-0.3, -0.25) is 14.4 Å². The zero-order valence-electron chi connectivity index (χ0n) is 11.3. The van der Waals surface area contributed by atoms with Crippen LogP contribution < -0.4 is 10.6 Å². The van der Waals surface area contributed by atoms with Crippen molar-refractivity contribution in [2.24, 2.45) is 0 Å². The fraction of sp³-hybridized carbons (Fsp3) is 0.0625. The number of fused-ring (bicyclic) bond motifs is 1. The first-order valence-corrected chi connectivity index (χ1v) is 6.57. The maximum atomic E-state index is 12.8. The molecule has 0 fully saturated rings. The summed E-state index contributed by atoms with van der Waals surface area (Å²) in [5, 5.41) is 4.93. The number of Topliss-reactive ketones (excluding diaryl/α,β-unsaturated/α-hetero) is 1. The molecule has 0 saturated heterocycles. The summed E-state index contributed by atoms with van der Waals surface area (Å²) in [7, 11) is 0. The van der Waals surface area contributed by atoms with E-state index < -0.39 is 29.3 Å². The van der Waals surface area contributed by atoms with E-state index in [1.807, 2.05) is 0 Å². The van der Waals surface area contributed by atoms with Gasteiger partial charge in [0, 0.05) is 11.4 Å². The number of hydrogen-bond donors (Lipinski definition) is 2. The van der Waals surface area contributed by atoms with Gasteiger partial charge in [0.25, 0.3) is 5.91 Å². The van der Waals surface area contributed by atoms with E-state index >= 15 is 0 Å². The van der Waals surface area contributed by atoms with E-state index in [2.05, 4.69) is 10.6 Å². The topological polar surface area (TPSA) is 75.3 Å². The van der Waals surface area contributed by atoms with Gasteiger partial charge in [0.05, 0.1) is 0 Å². The maximum absolute atomic E-state index is 12.8. The van der Waals surface area contributed by atoms with Gasteiger partial charge in [-0.2, -0.15) is 0 Å². The molecule has 1 heterocycles. The molecule has 0 spiro atoms. The quantitative estimate of drug-likeness (QED) is 0.673. The molecule has 0 saturated carbocycles. The van der Waals surface area contributed by atoms with Crippen LogP contribution in [0.2, 0.25) is 0 Å². The number of rotatable bonds is 3. The van der Waals surface area contributed by atoms with E-state index in [0.717, 1.165) is 12.1 Å². The van der Waals surface area contributed by atoms with Crippen LogP contribution >= 0.6 is 0 Å². The molecule has 0 aliphatic carbocycles. The second-order valence-corrected chi connectivity index (χ2v) is 4.83. The fourth-order valence-electron chi connectivity index (χ4n) is 2.33. The Bertz CT molecular complexity index is 771. The van der Waals surface area contributed by atoms with Gasteiger partial charge in [0.15, 0.2) is 0 Å². The predicted octanol–water partition coefficient (Wildman–Crippen LogP) is 2.07. The Balaban J connectivity index is 1.80. The molecule has 1 atom stereocenters. The number of carbonyl (C=O) groups excluding carboxylic acids is 3. The predicted molar refractivity (Wildman–Crippen MR) is 77.8 cm³/mol. The van der Waals surface area contributed by atoms with Crippen molar-refractivity contribution in [3.8, 4) is 0 Å². The molecule has 2 amide bonds. The van der Waals surface area contributed by atoms with Crippen molar-refractivity contribution in [2.45, 2.75) is 5.92 Å². The monoisotopic (exact) mass is 298 g/mol. The smallest absolute Gasteiger partial charge is 0.292 e. The summed E-state index contributed by atoms with van der Waals surface area (Å²) in [6.07, 6.45) is 0. The van der Waals surface area contributed by atoms with Gasteiger partial charge >= 0.3 is 0 Å². The van der Waals surface area contributed by atoms with Gasteiger partial charge < -0.3 is 10.6 Å². The molecule has 2 N–H and O–H groups in total. The lowest BCUT2D eigenvalue weighted by molar-refractivity contribution is -0.138. The molecule has 2 aromatic carbocycles.